The summed E-state index contributed by atoms with van der Waals surface area (Å²) in [5, 5.41) is 9.52. The summed E-state index contributed by atoms with van der Waals surface area (Å²) >= 11 is 1.26. The van der Waals surface area contributed by atoms with Crippen LogP contribution in [0.15, 0.2) is 35.6 Å². The topological polar surface area (TPSA) is 63.1 Å². The Morgan fingerprint density at radius 1 is 1.33 bits per heavy atom. The van der Waals surface area contributed by atoms with E-state index in [4.69, 9.17) is 5.11 Å². The second-order valence-electron chi connectivity index (χ2n) is 3.43. The van der Waals surface area contributed by atoms with E-state index in [0.29, 0.717) is 16.3 Å². The SMILES string of the molecule is CSc1ncc(-c2ccc(F)cc2)c(C(=O)O)n1. The highest BCUT2D eigenvalue weighted by Crippen LogP contribution is 2.23. The van der Waals surface area contributed by atoms with Crippen LogP contribution in [-0.4, -0.2) is 27.3 Å². The monoisotopic (exact) mass is 264 g/mol. The second kappa shape index (κ2) is 5.14. The van der Waals surface area contributed by atoms with Crippen LogP contribution in [0.2, 0.25) is 0 Å². The van der Waals surface area contributed by atoms with Crippen molar-refractivity contribution in [3.8, 4) is 11.1 Å². The number of carbonyl (C=O) groups is 1. The molecule has 0 saturated heterocycles. The molecule has 0 saturated carbocycles. The van der Waals surface area contributed by atoms with E-state index in [2.05, 4.69) is 9.97 Å². The fourth-order valence-corrected chi connectivity index (χ4v) is 1.81. The van der Waals surface area contributed by atoms with Crippen molar-refractivity contribution in [2.45, 2.75) is 5.16 Å². The van der Waals surface area contributed by atoms with Crippen LogP contribution in [0.5, 0.6) is 0 Å². The lowest BCUT2D eigenvalue weighted by molar-refractivity contribution is 0.0690. The van der Waals surface area contributed by atoms with Gasteiger partial charge in [0.05, 0.1) is 0 Å². The summed E-state index contributed by atoms with van der Waals surface area (Å²) in [6.45, 7) is 0. The number of rotatable bonds is 3. The molecule has 18 heavy (non-hydrogen) atoms. The molecule has 2 rings (SSSR count). The Morgan fingerprint density at radius 3 is 2.56 bits per heavy atom. The first kappa shape index (κ1) is 12.5. The Morgan fingerprint density at radius 2 is 2.00 bits per heavy atom. The van der Waals surface area contributed by atoms with Crippen molar-refractivity contribution in [1.29, 1.82) is 0 Å². The Bertz CT molecular complexity index is 587. The zero-order chi connectivity index (χ0) is 13.1. The molecule has 0 spiro atoms. The number of carboxylic acids is 1. The van der Waals surface area contributed by atoms with Crippen molar-refractivity contribution < 1.29 is 14.3 Å². The zero-order valence-corrected chi connectivity index (χ0v) is 10.2. The number of halogens is 1. The Hall–Kier alpha value is -1.95. The molecule has 92 valence electrons. The van der Waals surface area contributed by atoms with Gasteiger partial charge in [-0.2, -0.15) is 0 Å². The molecule has 4 nitrogen and oxygen atoms in total. The molecule has 0 aliphatic carbocycles. The predicted octanol–water partition coefficient (Wildman–Crippen LogP) is 2.70. The van der Waals surface area contributed by atoms with Crippen LogP contribution in [0.3, 0.4) is 0 Å². The molecule has 1 N–H and O–H groups in total. The maximum atomic E-state index is 12.8. The van der Waals surface area contributed by atoms with Gasteiger partial charge in [-0.25, -0.2) is 19.2 Å². The van der Waals surface area contributed by atoms with Gasteiger partial charge in [0.2, 0.25) is 0 Å². The summed E-state index contributed by atoms with van der Waals surface area (Å²) < 4.78 is 12.8. The van der Waals surface area contributed by atoms with Crippen molar-refractivity contribution in [1.82, 2.24) is 9.97 Å². The fourth-order valence-electron chi connectivity index (χ4n) is 1.47. The third-order valence-electron chi connectivity index (χ3n) is 2.31. The van der Waals surface area contributed by atoms with E-state index in [1.54, 1.807) is 6.26 Å². The number of carboxylic acid groups (broad SMARTS) is 1. The molecule has 1 aromatic carbocycles. The third-order valence-corrected chi connectivity index (χ3v) is 2.87. The standard InChI is InChI=1S/C12H9FN2O2S/c1-18-12-14-6-9(10(15-12)11(16)17)7-2-4-8(13)5-3-7/h2-6H,1H3,(H,16,17). The van der Waals surface area contributed by atoms with Crippen LogP contribution in [0.1, 0.15) is 10.5 Å². The highest BCUT2D eigenvalue weighted by molar-refractivity contribution is 7.98. The van der Waals surface area contributed by atoms with Crippen molar-refractivity contribution in [2.75, 3.05) is 6.26 Å². The Balaban J connectivity index is 2.56. The lowest BCUT2D eigenvalue weighted by Crippen LogP contribution is -2.05. The Labute approximate surface area is 107 Å². The molecule has 0 amide bonds. The number of benzene rings is 1. The second-order valence-corrected chi connectivity index (χ2v) is 4.20. The highest BCUT2D eigenvalue weighted by Gasteiger charge is 2.15. The van der Waals surface area contributed by atoms with Crippen LogP contribution in [0.25, 0.3) is 11.1 Å². The quantitative estimate of drug-likeness (QED) is 0.682. The van der Waals surface area contributed by atoms with Gasteiger partial charge in [0, 0.05) is 11.8 Å². The van der Waals surface area contributed by atoms with E-state index < -0.39 is 5.97 Å². The summed E-state index contributed by atoms with van der Waals surface area (Å²) in [6, 6.07) is 5.53. The van der Waals surface area contributed by atoms with Crippen LogP contribution in [-0.2, 0) is 0 Å². The van der Waals surface area contributed by atoms with Gasteiger partial charge in [-0.15, -0.1) is 0 Å². The lowest BCUT2D eigenvalue weighted by Gasteiger charge is -2.06. The van der Waals surface area contributed by atoms with E-state index in [1.165, 1.54) is 42.2 Å². The van der Waals surface area contributed by atoms with Gasteiger partial charge < -0.3 is 5.11 Å². The minimum atomic E-state index is -1.13. The number of aromatic nitrogens is 2. The molecule has 0 unspecified atom stereocenters. The molecular weight excluding hydrogens is 255 g/mol. The largest absolute Gasteiger partial charge is 0.476 e. The van der Waals surface area contributed by atoms with Crippen LogP contribution < -0.4 is 0 Å². The molecule has 1 aromatic heterocycles. The van der Waals surface area contributed by atoms with Gasteiger partial charge >= 0.3 is 5.97 Å². The average Bonchev–Trinajstić information content (AvgIpc) is 2.39. The Kier molecular flexibility index (Phi) is 3.57. The summed E-state index contributed by atoms with van der Waals surface area (Å²) in [5.74, 6) is -1.51. The smallest absolute Gasteiger partial charge is 0.355 e. The zero-order valence-electron chi connectivity index (χ0n) is 9.42. The van der Waals surface area contributed by atoms with Gasteiger partial charge in [0.25, 0.3) is 0 Å². The molecule has 0 fully saturated rings. The molecule has 1 heterocycles. The number of aromatic carboxylic acids is 1. The summed E-state index contributed by atoms with van der Waals surface area (Å²) in [5.41, 5.74) is 0.864. The van der Waals surface area contributed by atoms with E-state index in [0.717, 1.165) is 0 Å². The first-order chi connectivity index (χ1) is 8.61. The number of hydrogen-bond acceptors (Lipinski definition) is 4. The van der Waals surface area contributed by atoms with Crippen molar-refractivity contribution in [2.24, 2.45) is 0 Å². The van der Waals surface area contributed by atoms with Gasteiger partial charge in [0.15, 0.2) is 10.9 Å². The van der Waals surface area contributed by atoms with Crippen LogP contribution in [0.4, 0.5) is 4.39 Å². The molecule has 0 aliphatic heterocycles. The molecule has 2 aromatic rings. The van der Waals surface area contributed by atoms with E-state index in [-0.39, 0.29) is 11.5 Å². The molecule has 0 aliphatic rings. The summed E-state index contributed by atoms with van der Waals surface area (Å²) in [4.78, 5) is 19.1. The molecule has 0 atom stereocenters. The third kappa shape index (κ3) is 2.48. The van der Waals surface area contributed by atoms with E-state index in [9.17, 15) is 9.18 Å². The maximum absolute atomic E-state index is 12.8. The van der Waals surface area contributed by atoms with Crippen LogP contribution in [0, 0.1) is 5.82 Å². The van der Waals surface area contributed by atoms with E-state index >= 15 is 0 Å². The number of hydrogen-bond donors (Lipinski definition) is 1. The lowest BCUT2D eigenvalue weighted by atomic mass is 10.1. The predicted molar refractivity (Wildman–Crippen MR) is 66.2 cm³/mol. The maximum Gasteiger partial charge on any atom is 0.355 e. The van der Waals surface area contributed by atoms with Gasteiger partial charge in [0.1, 0.15) is 5.82 Å². The number of thioether (sulfide) groups is 1. The normalized spacial score (nSPS) is 10.3. The van der Waals surface area contributed by atoms with Crippen molar-refractivity contribution >= 4 is 17.7 Å². The first-order valence-corrected chi connectivity index (χ1v) is 6.24. The summed E-state index contributed by atoms with van der Waals surface area (Å²) in [7, 11) is 0. The summed E-state index contributed by atoms with van der Waals surface area (Å²) in [6.07, 6.45) is 3.20. The molecular formula is C12H9FN2O2S. The average molecular weight is 264 g/mol. The fraction of sp³-hybridized carbons (Fsp3) is 0.0833. The van der Waals surface area contributed by atoms with Gasteiger partial charge in [-0.05, 0) is 24.0 Å². The minimum Gasteiger partial charge on any atom is -0.476 e. The van der Waals surface area contributed by atoms with Gasteiger partial charge in [-0.3, -0.25) is 0 Å². The number of nitrogens with zero attached hydrogens (tertiary/aromatic N) is 2. The van der Waals surface area contributed by atoms with Crippen LogP contribution >= 0.6 is 11.8 Å². The van der Waals surface area contributed by atoms with Crippen molar-refractivity contribution in [3.63, 3.8) is 0 Å². The molecule has 0 bridgehead atoms. The first-order valence-electron chi connectivity index (χ1n) is 5.02. The minimum absolute atomic E-state index is 0.0824. The van der Waals surface area contributed by atoms with Crippen molar-refractivity contribution in [3.05, 3.63) is 42.0 Å². The van der Waals surface area contributed by atoms with Gasteiger partial charge in [-0.1, -0.05) is 23.9 Å². The molecule has 0 radical (unpaired) electrons. The van der Waals surface area contributed by atoms with E-state index in [1.807, 2.05) is 0 Å². The highest BCUT2D eigenvalue weighted by atomic mass is 32.2. The molecule has 6 heteroatoms.